The van der Waals surface area contributed by atoms with Crippen molar-refractivity contribution in [2.24, 2.45) is 0 Å². The predicted molar refractivity (Wildman–Crippen MR) is 78.5 cm³/mol. The van der Waals surface area contributed by atoms with Crippen molar-refractivity contribution in [2.45, 2.75) is 6.92 Å². The number of fused-ring (bicyclic) bond motifs is 1. The summed E-state index contributed by atoms with van der Waals surface area (Å²) in [6.45, 7) is 1.98. The fourth-order valence-corrected chi connectivity index (χ4v) is 2.65. The van der Waals surface area contributed by atoms with Crippen molar-refractivity contribution in [3.05, 3.63) is 58.3 Å². The van der Waals surface area contributed by atoms with Crippen molar-refractivity contribution < 1.29 is 4.79 Å². The number of carbonyl (C=O) groups is 1. The number of halogens is 1. The molecule has 2 heterocycles. The summed E-state index contributed by atoms with van der Waals surface area (Å²) in [5, 5.41) is 0. The summed E-state index contributed by atoms with van der Waals surface area (Å²) in [5.41, 5.74) is 3.36. The summed E-state index contributed by atoms with van der Waals surface area (Å²) < 4.78 is 2.95. The van der Waals surface area contributed by atoms with E-state index in [0.29, 0.717) is 5.69 Å². The second-order valence-electron chi connectivity index (χ2n) is 4.36. The average molecular weight is 315 g/mol. The highest BCUT2D eigenvalue weighted by Gasteiger charge is 2.13. The number of hydrogen-bond donors (Lipinski definition) is 0. The second-order valence-corrected chi connectivity index (χ2v) is 5.27. The van der Waals surface area contributed by atoms with Crippen LogP contribution in [0.1, 0.15) is 16.1 Å². The lowest BCUT2D eigenvalue weighted by atomic mass is 10.2. The summed E-state index contributed by atoms with van der Waals surface area (Å²) in [4.78, 5) is 15.7. The number of aldehydes is 1. The van der Waals surface area contributed by atoms with Gasteiger partial charge in [0.15, 0.2) is 6.29 Å². The Kier molecular flexibility index (Phi) is 2.95. The Morgan fingerprint density at radius 1 is 1.26 bits per heavy atom. The number of aryl methyl sites for hydroxylation is 1. The first kappa shape index (κ1) is 12.1. The quantitative estimate of drug-likeness (QED) is 0.673. The highest BCUT2D eigenvalue weighted by Crippen LogP contribution is 2.26. The molecule has 0 N–H and O–H groups in total. The first-order valence-electron chi connectivity index (χ1n) is 5.89. The van der Waals surface area contributed by atoms with Crippen LogP contribution in [0, 0.1) is 6.92 Å². The SMILES string of the molecule is Cc1cccn2c(-c3cccc(Br)c3)nc(C=O)c12. The van der Waals surface area contributed by atoms with E-state index in [2.05, 4.69) is 20.9 Å². The lowest BCUT2D eigenvalue weighted by Crippen LogP contribution is -1.90. The molecule has 0 atom stereocenters. The third-order valence-corrected chi connectivity index (χ3v) is 3.58. The number of aromatic nitrogens is 2. The van der Waals surface area contributed by atoms with Crippen LogP contribution in [0.2, 0.25) is 0 Å². The van der Waals surface area contributed by atoms with Crippen LogP contribution in [0.5, 0.6) is 0 Å². The van der Waals surface area contributed by atoms with E-state index in [0.717, 1.165) is 33.2 Å². The highest BCUT2D eigenvalue weighted by molar-refractivity contribution is 9.10. The molecule has 94 valence electrons. The molecular formula is C15H11BrN2O. The molecule has 0 aliphatic heterocycles. The molecular weight excluding hydrogens is 304 g/mol. The Hall–Kier alpha value is -1.94. The fourth-order valence-electron chi connectivity index (χ4n) is 2.25. The zero-order valence-electron chi connectivity index (χ0n) is 10.3. The van der Waals surface area contributed by atoms with E-state index >= 15 is 0 Å². The third kappa shape index (κ3) is 1.98. The lowest BCUT2D eigenvalue weighted by Gasteiger charge is -2.03. The minimum Gasteiger partial charge on any atom is -0.299 e. The molecule has 0 saturated carbocycles. The van der Waals surface area contributed by atoms with Gasteiger partial charge < -0.3 is 0 Å². The topological polar surface area (TPSA) is 34.4 Å². The van der Waals surface area contributed by atoms with E-state index in [1.165, 1.54) is 0 Å². The van der Waals surface area contributed by atoms with Gasteiger partial charge >= 0.3 is 0 Å². The van der Waals surface area contributed by atoms with Crippen LogP contribution in [-0.4, -0.2) is 15.7 Å². The van der Waals surface area contributed by atoms with Crippen LogP contribution in [0.25, 0.3) is 16.9 Å². The molecule has 2 aromatic heterocycles. The van der Waals surface area contributed by atoms with Crippen LogP contribution >= 0.6 is 15.9 Å². The minimum absolute atomic E-state index is 0.480. The van der Waals surface area contributed by atoms with E-state index in [1.54, 1.807) is 0 Å². The zero-order valence-corrected chi connectivity index (χ0v) is 11.9. The highest BCUT2D eigenvalue weighted by atomic mass is 79.9. The molecule has 3 rings (SSSR count). The second kappa shape index (κ2) is 4.63. The normalized spacial score (nSPS) is 10.8. The largest absolute Gasteiger partial charge is 0.299 e. The van der Waals surface area contributed by atoms with Gasteiger partial charge in [-0.1, -0.05) is 34.1 Å². The van der Waals surface area contributed by atoms with Crippen LogP contribution in [-0.2, 0) is 0 Å². The summed E-state index contributed by atoms with van der Waals surface area (Å²) >= 11 is 3.46. The monoisotopic (exact) mass is 314 g/mol. The minimum atomic E-state index is 0.480. The Morgan fingerprint density at radius 3 is 2.84 bits per heavy atom. The van der Waals surface area contributed by atoms with E-state index in [9.17, 15) is 4.79 Å². The first-order valence-corrected chi connectivity index (χ1v) is 6.69. The van der Waals surface area contributed by atoms with Crippen molar-refractivity contribution in [3.63, 3.8) is 0 Å². The lowest BCUT2D eigenvalue weighted by molar-refractivity contribution is 0.112. The number of rotatable bonds is 2. The molecule has 0 unspecified atom stereocenters. The Morgan fingerprint density at radius 2 is 2.11 bits per heavy atom. The zero-order chi connectivity index (χ0) is 13.4. The molecule has 19 heavy (non-hydrogen) atoms. The van der Waals surface area contributed by atoms with Crippen molar-refractivity contribution in [1.29, 1.82) is 0 Å². The fraction of sp³-hybridized carbons (Fsp3) is 0.0667. The van der Waals surface area contributed by atoms with Gasteiger partial charge in [-0.25, -0.2) is 4.98 Å². The molecule has 0 bridgehead atoms. The van der Waals surface area contributed by atoms with Gasteiger partial charge in [-0.2, -0.15) is 0 Å². The van der Waals surface area contributed by atoms with E-state index in [-0.39, 0.29) is 0 Å². The van der Waals surface area contributed by atoms with E-state index < -0.39 is 0 Å². The Bertz CT molecular complexity index is 777. The summed E-state index contributed by atoms with van der Waals surface area (Å²) in [5.74, 6) is 0.780. The summed E-state index contributed by atoms with van der Waals surface area (Å²) in [6.07, 6.45) is 2.74. The van der Waals surface area contributed by atoms with Gasteiger partial charge in [0.2, 0.25) is 0 Å². The van der Waals surface area contributed by atoms with Gasteiger partial charge in [0.25, 0.3) is 0 Å². The van der Waals surface area contributed by atoms with Crippen molar-refractivity contribution in [2.75, 3.05) is 0 Å². The molecule has 0 saturated heterocycles. The molecule has 0 amide bonds. The maximum atomic E-state index is 11.2. The van der Waals surface area contributed by atoms with E-state index in [4.69, 9.17) is 0 Å². The summed E-state index contributed by atoms with van der Waals surface area (Å²) in [7, 11) is 0. The van der Waals surface area contributed by atoms with E-state index in [1.807, 2.05) is 53.9 Å². The van der Waals surface area contributed by atoms with Gasteiger partial charge in [0, 0.05) is 16.2 Å². The molecule has 3 aromatic rings. The standard InChI is InChI=1S/C15H11BrN2O/c1-10-4-3-7-18-14(10)13(9-19)17-15(18)11-5-2-6-12(16)8-11/h2-9H,1H3. The summed E-state index contributed by atoms with van der Waals surface area (Å²) in [6, 6.07) is 11.8. The first-order chi connectivity index (χ1) is 9.20. The van der Waals surface area contributed by atoms with Gasteiger partial charge in [-0.15, -0.1) is 0 Å². The third-order valence-electron chi connectivity index (χ3n) is 3.09. The van der Waals surface area contributed by atoms with Gasteiger partial charge in [0.05, 0.1) is 5.52 Å². The molecule has 0 spiro atoms. The van der Waals surface area contributed by atoms with Crippen LogP contribution in [0.4, 0.5) is 0 Å². The molecule has 0 aliphatic rings. The number of hydrogen-bond acceptors (Lipinski definition) is 2. The number of pyridine rings is 1. The molecule has 3 nitrogen and oxygen atoms in total. The van der Waals surface area contributed by atoms with Crippen molar-refractivity contribution >= 4 is 27.7 Å². The van der Waals surface area contributed by atoms with Crippen LogP contribution in [0.15, 0.2) is 47.1 Å². The van der Waals surface area contributed by atoms with Crippen LogP contribution in [0.3, 0.4) is 0 Å². The van der Waals surface area contributed by atoms with Crippen LogP contribution < -0.4 is 0 Å². The smallest absolute Gasteiger partial charge is 0.170 e. The number of nitrogens with zero attached hydrogens (tertiary/aromatic N) is 2. The molecule has 0 fully saturated rings. The average Bonchev–Trinajstić information content (AvgIpc) is 2.79. The predicted octanol–water partition coefficient (Wildman–Crippen LogP) is 3.88. The maximum Gasteiger partial charge on any atom is 0.170 e. The molecule has 1 aromatic carbocycles. The van der Waals surface area contributed by atoms with Gasteiger partial charge in [-0.05, 0) is 30.7 Å². The van der Waals surface area contributed by atoms with Gasteiger partial charge in [0.1, 0.15) is 11.5 Å². The number of imidazole rings is 1. The molecule has 4 heteroatoms. The maximum absolute atomic E-state index is 11.2. The van der Waals surface area contributed by atoms with Gasteiger partial charge in [-0.3, -0.25) is 9.20 Å². The Labute approximate surface area is 119 Å². The number of benzene rings is 1. The number of carbonyl (C=O) groups excluding carboxylic acids is 1. The van der Waals surface area contributed by atoms with Crippen molar-refractivity contribution in [1.82, 2.24) is 9.38 Å². The molecule has 0 radical (unpaired) electrons. The molecule has 0 aliphatic carbocycles. The van der Waals surface area contributed by atoms with Crippen molar-refractivity contribution in [3.8, 4) is 11.4 Å². The Balaban J connectivity index is 2.36.